The largest absolute Gasteiger partial charge is 0.394 e. The number of amides is 1. The number of nitrogens with one attached hydrogen (secondary N) is 1. The Morgan fingerprint density at radius 2 is 0.815 bits per heavy atom. The number of hydrogen-bond donors (Lipinski definition) is 3. The summed E-state index contributed by atoms with van der Waals surface area (Å²) in [4.78, 5) is 12.4. The lowest BCUT2D eigenvalue weighted by Gasteiger charge is -2.19. The molecule has 0 saturated heterocycles. The van der Waals surface area contributed by atoms with Gasteiger partial charge in [-0.1, -0.05) is 207 Å². The molecule has 2 atom stereocenters. The minimum absolute atomic E-state index is 0.0999. The number of rotatable bonds is 39. The Morgan fingerprint density at radius 1 is 0.463 bits per heavy atom. The first-order valence-electron chi connectivity index (χ1n) is 22.5. The molecule has 4 heteroatoms. The van der Waals surface area contributed by atoms with E-state index < -0.39 is 12.1 Å². The van der Waals surface area contributed by atoms with Crippen molar-refractivity contribution in [1.82, 2.24) is 5.32 Å². The van der Waals surface area contributed by atoms with Crippen molar-refractivity contribution in [2.45, 2.75) is 206 Å². The Kier molecular flexibility index (Phi) is 42.5. The van der Waals surface area contributed by atoms with E-state index in [1.807, 2.05) is 6.08 Å². The molecule has 0 aromatic heterocycles. The minimum Gasteiger partial charge on any atom is -0.394 e. The molecule has 0 aromatic carbocycles. The topological polar surface area (TPSA) is 69.6 Å². The summed E-state index contributed by atoms with van der Waals surface area (Å²) >= 11 is 0. The van der Waals surface area contributed by atoms with E-state index in [2.05, 4.69) is 104 Å². The fraction of sp³-hybridized carbons (Fsp3) is 0.660. The van der Waals surface area contributed by atoms with Gasteiger partial charge in [0.25, 0.3) is 0 Å². The number of unbranched alkanes of at least 4 members (excludes halogenated alkanes) is 18. The second kappa shape index (κ2) is 44.7. The molecule has 0 spiro atoms. The fourth-order valence-electron chi connectivity index (χ4n) is 6.16. The Bertz CT molecular complexity index is 1030. The highest BCUT2D eigenvalue weighted by molar-refractivity contribution is 5.76. The molecule has 0 aliphatic rings. The molecule has 0 aliphatic heterocycles. The summed E-state index contributed by atoms with van der Waals surface area (Å²) in [6, 6.07) is -0.647. The van der Waals surface area contributed by atoms with Crippen LogP contribution in [0.1, 0.15) is 194 Å². The van der Waals surface area contributed by atoms with Crippen molar-refractivity contribution in [3.63, 3.8) is 0 Å². The van der Waals surface area contributed by atoms with Gasteiger partial charge in [-0.25, -0.2) is 0 Å². The minimum atomic E-state index is -0.860. The molecule has 0 radical (unpaired) electrons. The third-order valence-corrected chi connectivity index (χ3v) is 9.57. The lowest BCUT2D eigenvalue weighted by atomic mass is 10.0. The third-order valence-electron chi connectivity index (χ3n) is 9.57. The van der Waals surface area contributed by atoms with Crippen LogP contribution < -0.4 is 5.32 Å². The highest BCUT2D eigenvalue weighted by Crippen LogP contribution is 2.14. The molecule has 3 N–H and O–H groups in total. The van der Waals surface area contributed by atoms with Gasteiger partial charge < -0.3 is 15.5 Å². The summed E-state index contributed by atoms with van der Waals surface area (Å²) in [6.07, 6.45) is 66.5. The zero-order chi connectivity index (χ0) is 39.3. The van der Waals surface area contributed by atoms with Crippen molar-refractivity contribution < 1.29 is 15.0 Å². The standard InChI is InChI=1S/C50H85NO3/c1-3-5-7-9-11-13-15-17-19-21-22-23-24-25-26-27-28-30-32-34-36-38-40-42-44-46-50(54)51-48(47-52)49(53)45-43-41-39-37-35-33-31-29-20-18-16-14-12-10-8-6-4-2/h5,7,11,13,17,19,22-23,25-26,28,30,34,36,43,45,48-49,52-53H,3-4,6,8-10,12,14-16,18,20-21,24,27,29,31-33,35,37-42,44,46-47H2,1-2H3,(H,51,54)/b7-5-,13-11-,19-17-,23-22-,26-25-,30-28-,36-34-,45-43+. The van der Waals surface area contributed by atoms with Gasteiger partial charge in [0.1, 0.15) is 0 Å². The predicted octanol–water partition coefficient (Wildman–Crippen LogP) is 14.2. The molecule has 0 fully saturated rings. The highest BCUT2D eigenvalue weighted by Gasteiger charge is 2.17. The van der Waals surface area contributed by atoms with E-state index in [1.54, 1.807) is 6.08 Å². The molecule has 0 rings (SSSR count). The SMILES string of the molecule is CC/C=C\C/C=C\C/C=C\C/C=C\C/C=C\C/C=C\C/C=C\CCCCCC(=O)NC(CO)C(O)/C=C/CCCCCCCCCCCCCCCCC. The average Bonchev–Trinajstić information content (AvgIpc) is 3.18. The van der Waals surface area contributed by atoms with Crippen molar-refractivity contribution in [3.05, 3.63) is 97.2 Å². The van der Waals surface area contributed by atoms with Gasteiger partial charge in [-0.05, 0) is 77.0 Å². The molecule has 0 aromatic rings. The fourth-order valence-corrected chi connectivity index (χ4v) is 6.16. The summed E-state index contributed by atoms with van der Waals surface area (Å²) < 4.78 is 0. The maximum Gasteiger partial charge on any atom is 0.220 e. The van der Waals surface area contributed by atoms with Crippen LogP contribution in [0.25, 0.3) is 0 Å². The van der Waals surface area contributed by atoms with E-state index in [0.29, 0.717) is 6.42 Å². The molecule has 54 heavy (non-hydrogen) atoms. The monoisotopic (exact) mass is 748 g/mol. The number of hydrogen-bond acceptors (Lipinski definition) is 3. The first-order chi connectivity index (χ1) is 26.7. The van der Waals surface area contributed by atoms with Crippen LogP contribution in [0, 0.1) is 0 Å². The van der Waals surface area contributed by atoms with E-state index in [4.69, 9.17) is 0 Å². The van der Waals surface area contributed by atoms with Crippen LogP contribution in [0.2, 0.25) is 0 Å². The van der Waals surface area contributed by atoms with E-state index in [1.165, 1.54) is 89.9 Å². The van der Waals surface area contributed by atoms with Gasteiger partial charge in [-0.3, -0.25) is 4.79 Å². The molecule has 4 nitrogen and oxygen atoms in total. The van der Waals surface area contributed by atoms with Gasteiger partial charge in [0.15, 0.2) is 0 Å². The second-order valence-electron chi connectivity index (χ2n) is 14.7. The lowest BCUT2D eigenvalue weighted by molar-refractivity contribution is -0.123. The molecular formula is C50H85NO3. The Balaban J connectivity index is 3.72. The summed E-state index contributed by atoms with van der Waals surface area (Å²) in [5.41, 5.74) is 0. The summed E-state index contributed by atoms with van der Waals surface area (Å²) in [6.45, 7) is 4.17. The molecule has 0 bridgehead atoms. The average molecular weight is 748 g/mol. The van der Waals surface area contributed by atoms with Gasteiger partial charge in [0.05, 0.1) is 18.8 Å². The first kappa shape index (κ1) is 51.3. The van der Waals surface area contributed by atoms with E-state index >= 15 is 0 Å². The number of aliphatic hydroxyl groups is 2. The Labute approximate surface area is 334 Å². The van der Waals surface area contributed by atoms with Crippen LogP contribution >= 0.6 is 0 Å². The van der Waals surface area contributed by atoms with Gasteiger partial charge in [-0.15, -0.1) is 0 Å². The zero-order valence-corrected chi connectivity index (χ0v) is 35.2. The van der Waals surface area contributed by atoms with Gasteiger partial charge >= 0.3 is 0 Å². The van der Waals surface area contributed by atoms with Crippen LogP contribution in [0.3, 0.4) is 0 Å². The zero-order valence-electron chi connectivity index (χ0n) is 35.2. The number of allylic oxidation sites excluding steroid dienone is 15. The molecule has 1 amide bonds. The van der Waals surface area contributed by atoms with Crippen molar-refractivity contribution in [3.8, 4) is 0 Å². The Hall–Kier alpha value is -2.69. The highest BCUT2D eigenvalue weighted by atomic mass is 16.3. The van der Waals surface area contributed by atoms with Crippen molar-refractivity contribution in [2.75, 3.05) is 6.61 Å². The summed E-state index contributed by atoms with van der Waals surface area (Å²) in [5.74, 6) is -0.0999. The van der Waals surface area contributed by atoms with Gasteiger partial charge in [-0.2, -0.15) is 0 Å². The van der Waals surface area contributed by atoms with Crippen LogP contribution in [0.15, 0.2) is 97.2 Å². The number of aliphatic hydroxyl groups excluding tert-OH is 2. The first-order valence-corrected chi connectivity index (χ1v) is 22.5. The lowest BCUT2D eigenvalue weighted by Crippen LogP contribution is -2.45. The number of carbonyl (C=O) groups is 1. The van der Waals surface area contributed by atoms with Crippen LogP contribution in [0.5, 0.6) is 0 Å². The van der Waals surface area contributed by atoms with Crippen molar-refractivity contribution in [2.24, 2.45) is 0 Å². The maximum absolute atomic E-state index is 12.4. The Morgan fingerprint density at radius 3 is 1.22 bits per heavy atom. The second-order valence-corrected chi connectivity index (χ2v) is 14.7. The van der Waals surface area contributed by atoms with Crippen LogP contribution in [-0.2, 0) is 4.79 Å². The quantitative estimate of drug-likeness (QED) is 0.0433. The predicted molar refractivity (Wildman–Crippen MR) is 239 cm³/mol. The summed E-state index contributed by atoms with van der Waals surface area (Å²) in [7, 11) is 0. The molecule has 2 unspecified atom stereocenters. The normalized spacial score (nSPS) is 13.9. The van der Waals surface area contributed by atoms with Gasteiger partial charge in [0, 0.05) is 6.42 Å². The summed E-state index contributed by atoms with van der Waals surface area (Å²) in [5, 5.41) is 23.0. The maximum atomic E-state index is 12.4. The molecule has 0 saturated carbocycles. The third kappa shape index (κ3) is 40.5. The number of carbonyl (C=O) groups excluding carboxylic acids is 1. The molecule has 0 aliphatic carbocycles. The smallest absolute Gasteiger partial charge is 0.220 e. The van der Waals surface area contributed by atoms with Gasteiger partial charge in [0.2, 0.25) is 5.91 Å². The van der Waals surface area contributed by atoms with Crippen LogP contribution in [0.4, 0.5) is 0 Å². The van der Waals surface area contributed by atoms with E-state index in [-0.39, 0.29) is 12.5 Å². The molecule has 0 heterocycles. The van der Waals surface area contributed by atoms with Crippen LogP contribution in [-0.4, -0.2) is 34.9 Å². The molecule has 308 valence electrons. The van der Waals surface area contributed by atoms with E-state index in [0.717, 1.165) is 83.5 Å². The van der Waals surface area contributed by atoms with E-state index in [9.17, 15) is 15.0 Å². The molecular weight excluding hydrogens is 663 g/mol. The van der Waals surface area contributed by atoms with Crippen molar-refractivity contribution in [1.29, 1.82) is 0 Å². The van der Waals surface area contributed by atoms with Crippen molar-refractivity contribution >= 4 is 5.91 Å².